The van der Waals surface area contributed by atoms with Crippen molar-refractivity contribution in [3.63, 3.8) is 0 Å². The maximum Gasteiger partial charge on any atom is 0.259 e. The van der Waals surface area contributed by atoms with Crippen LogP contribution in [0.15, 0.2) is 59.6 Å². The number of amides is 1. The summed E-state index contributed by atoms with van der Waals surface area (Å²) in [5.41, 5.74) is 6.05. The minimum Gasteiger partial charge on any atom is -0.375 e. The van der Waals surface area contributed by atoms with Gasteiger partial charge in [0.05, 0.1) is 10.7 Å². The third-order valence-corrected chi connectivity index (χ3v) is 6.78. The summed E-state index contributed by atoms with van der Waals surface area (Å²) in [6.07, 6.45) is 3.84. The smallest absolute Gasteiger partial charge is 0.259 e. The van der Waals surface area contributed by atoms with Gasteiger partial charge in [-0.3, -0.25) is 4.79 Å². The van der Waals surface area contributed by atoms with Crippen LogP contribution in [0, 0.1) is 5.92 Å². The zero-order valence-electron chi connectivity index (χ0n) is 17.6. The van der Waals surface area contributed by atoms with Gasteiger partial charge in [-0.15, -0.1) is 0 Å². The Morgan fingerprint density at radius 1 is 0.968 bits per heavy atom. The monoisotopic (exact) mass is 440 g/mol. The van der Waals surface area contributed by atoms with E-state index in [1.165, 1.54) is 0 Å². The zero-order chi connectivity index (χ0) is 21.8. The summed E-state index contributed by atoms with van der Waals surface area (Å²) in [4.78, 5) is 21.8. The van der Waals surface area contributed by atoms with E-state index in [0.717, 1.165) is 25.7 Å². The van der Waals surface area contributed by atoms with Gasteiger partial charge in [0.25, 0.3) is 5.91 Å². The molecule has 2 aromatic rings. The number of aliphatic hydroxyl groups is 1. The lowest BCUT2D eigenvalue weighted by molar-refractivity contribution is -0.160. The Bertz CT molecular complexity index is 938. The molecular formula is C24H29ClN4O2. The number of aliphatic imine (C=N–C) groups is 1. The molecule has 1 unspecified atom stereocenters. The van der Waals surface area contributed by atoms with Crippen molar-refractivity contribution in [3.8, 4) is 0 Å². The van der Waals surface area contributed by atoms with Gasteiger partial charge in [0.2, 0.25) is 0 Å². The van der Waals surface area contributed by atoms with Gasteiger partial charge < -0.3 is 20.6 Å². The molecule has 1 atom stereocenters. The fraction of sp³-hybridized carbons (Fsp3) is 0.417. The number of benzene rings is 2. The fourth-order valence-electron chi connectivity index (χ4n) is 4.69. The lowest BCUT2D eigenvalue weighted by Crippen LogP contribution is -2.58. The van der Waals surface area contributed by atoms with Gasteiger partial charge in [-0.05, 0) is 30.5 Å². The summed E-state index contributed by atoms with van der Waals surface area (Å²) in [6.45, 7) is 2.08. The normalized spacial score (nSPS) is 20.0. The lowest BCUT2D eigenvalue weighted by Gasteiger charge is -2.41. The molecule has 0 aromatic heterocycles. The Balaban J connectivity index is 1.48. The van der Waals surface area contributed by atoms with Crippen LogP contribution < -0.4 is 5.73 Å². The molecule has 2 fully saturated rings. The van der Waals surface area contributed by atoms with Crippen LogP contribution in [0.1, 0.15) is 31.2 Å². The maximum absolute atomic E-state index is 13.6. The topological polar surface area (TPSA) is 82.2 Å². The highest BCUT2D eigenvalue weighted by Gasteiger charge is 2.48. The summed E-state index contributed by atoms with van der Waals surface area (Å²) in [5.74, 6) is 0.133. The summed E-state index contributed by atoms with van der Waals surface area (Å²) in [6, 6.07) is 16.7. The van der Waals surface area contributed by atoms with Crippen LogP contribution >= 0.6 is 11.6 Å². The SMILES string of the molecule is NC(=Nc1ccccc1Cl)N1CCN(C(=O)C(O)(c2ccccc2)C2CCCC2)CC1. The van der Waals surface area contributed by atoms with Gasteiger partial charge in [-0.25, -0.2) is 4.99 Å². The third-order valence-electron chi connectivity index (χ3n) is 6.46. The number of guanidine groups is 1. The third kappa shape index (κ3) is 4.41. The highest BCUT2D eigenvalue weighted by molar-refractivity contribution is 6.33. The van der Waals surface area contributed by atoms with Crippen molar-refractivity contribution < 1.29 is 9.90 Å². The Morgan fingerprint density at radius 2 is 1.55 bits per heavy atom. The number of para-hydroxylation sites is 1. The quantitative estimate of drug-likeness (QED) is 0.563. The highest BCUT2D eigenvalue weighted by Crippen LogP contribution is 2.42. The van der Waals surface area contributed by atoms with E-state index in [9.17, 15) is 9.90 Å². The molecule has 4 rings (SSSR count). The maximum atomic E-state index is 13.6. The Kier molecular flexibility index (Phi) is 6.49. The first-order valence-electron chi connectivity index (χ1n) is 10.9. The average Bonchev–Trinajstić information content (AvgIpc) is 3.36. The fourth-order valence-corrected chi connectivity index (χ4v) is 4.86. The van der Waals surface area contributed by atoms with E-state index in [2.05, 4.69) is 4.99 Å². The molecule has 1 saturated carbocycles. The highest BCUT2D eigenvalue weighted by atomic mass is 35.5. The molecule has 1 saturated heterocycles. The van der Waals surface area contributed by atoms with Crippen LogP contribution in [-0.4, -0.2) is 53.0 Å². The summed E-state index contributed by atoms with van der Waals surface area (Å²) in [7, 11) is 0. The van der Waals surface area contributed by atoms with Gasteiger partial charge >= 0.3 is 0 Å². The second-order valence-electron chi connectivity index (χ2n) is 8.31. The molecule has 1 heterocycles. The molecule has 2 aromatic carbocycles. The Hall–Kier alpha value is -2.57. The molecule has 7 heteroatoms. The number of carbonyl (C=O) groups is 1. The van der Waals surface area contributed by atoms with Crippen molar-refractivity contribution in [3.05, 3.63) is 65.2 Å². The van der Waals surface area contributed by atoms with Gasteiger partial charge in [0, 0.05) is 32.1 Å². The van der Waals surface area contributed by atoms with Crippen molar-refractivity contribution in [2.24, 2.45) is 16.6 Å². The van der Waals surface area contributed by atoms with Crippen LogP contribution in [0.2, 0.25) is 5.02 Å². The van der Waals surface area contributed by atoms with Gasteiger partial charge in [0.1, 0.15) is 0 Å². The van der Waals surface area contributed by atoms with E-state index in [1.54, 1.807) is 11.0 Å². The summed E-state index contributed by atoms with van der Waals surface area (Å²) >= 11 is 6.18. The van der Waals surface area contributed by atoms with Crippen molar-refractivity contribution in [1.82, 2.24) is 9.80 Å². The molecule has 6 nitrogen and oxygen atoms in total. The summed E-state index contributed by atoms with van der Waals surface area (Å²) in [5, 5.41) is 12.3. The number of nitrogens with zero attached hydrogens (tertiary/aromatic N) is 3. The standard InChI is InChI=1S/C24H29ClN4O2/c25-20-12-6-7-13-21(20)27-23(26)29-16-14-28(15-17-29)22(30)24(31,19-10-4-5-11-19)18-8-2-1-3-9-18/h1-3,6-9,12-13,19,31H,4-5,10-11,14-17H2,(H2,26,27). The minimum atomic E-state index is -1.48. The molecule has 164 valence electrons. The Morgan fingerprint density at radius 3 is 2.19 bits per heavy atom. The summed E-state index contributed by atoms with van der Waals surface area (Å²) < 4.78 is 0. The van der Waals surface area contributed by atoms with E-state index in [0.29, 0.717) is 48.4 Å². The number of hydrogen-bond acceptors (Lipinski definition) is 3. The molecule has 0 bridgehead atoms. The predicted octanol–water partition coefficient (Wildman–Crippen LogP) is 3.51. The molecule has 31 heavy (non-hydrogen) atoms. The number of rotatable bonds is 4. The van der Waals surface area contributed by atoms with Crippen LogP contribution in [0.4, 0.5) is 5.69 Å². The second kappa shape index (κ2) is 9.28. The molecule has 3 N–H and O–H groups in total. The molecule has 0 spiro atoms. The molecule has 1 amide bonds. The molecular weight excluding hydrogens is 412 g/mol. The first-order valence-corrected chi connectivity index (χ1v) is 11.3. The predicted molar refractivity (Wildman–Crippen MR) is 123 cm³/mol. The number of carbonyl (C=O) groups excluding carboxylic acids is 1. The van der Waals surface area contributed by atoms with E-state index in [4.69, 9.17) is 17.3 Å². The van der Waals surface area contributed by atoms with Crippen LogP contribution in [0.25, 0.3) is 0 Å². The minimum absolute atomic E-state index is 0.0488. The van der Waals surface area contributed by atoms with Crippen molar-refractivity contribution in [2.75, 3.05) is 26.2 Å². The van der Waals surface area contributed by atoms with Crippen LogP contribution in [-0.2, 0) is 10.4 Å². The van der Waals surface area contributed by atoms with Gasteiger partial charge in [-0.1, -0.05) is 66.9 Å². The largest absolute Gasteiger partial charge is 0.375 e. The van der Waals surface area contributed by atoms with Crippen LogP contribution in [0.5, 0.6) is 0 Å². The van der Waals surface area contributed by atoms with Crippen molar-refractivity contribution >= 4 is 29.2 Å². The zero-order valence-corrected chi connectivity index (χ0v) is 18.3. The average molecular weight is 441 g/mol. The first-order chi connectivity index (χ1) is 15.0. The van der Waals surface area contributed by atoms with E-state index in [-0.39, 0.29) is 11.8 Å². The number of nitrogens with two attached hydrogens (primary N) is 1. The number of halogens is 1. The van der Waals surface area contributed by atoms with Crippen molar-refractivity contribution in [1.29, 1.82) is 0 Å². The van der Waals surface area contributed by atoms with E-state index in [1.807, 2.05) is 53.4 Å². The van der Waals surface area contributed by atoms with E-state index >= 15 is 0 Å². The number of piperazine rings is 1. The molecule has 2 aliphatic rings. The van der Waals surface area contributed by atoms with Crippen molar-refractivity contribution in [2.45, 2.75) is 31.3 Å². The first kappa shape index (κ1) is 21.7. The van der Waals surface area contributed by atoms with Gasteiger partial charge in [-0.2, -0.15) is 0 Å². The molecule has 0 radical (unpaired) electrons. The Labute approximate surface area is 188 Å². The number of hydrogen-bond donors (Lipinski definition) is 2. The van der Waals surface area contributed by atoms with E-state index < -0.39 is 5.60 Å². The van der Waals surface area contributed by atoms with Crippen LogP contribution in [0.3, 0.4) is 0 Å². The second-order valence-corrected chi connectivity index (χ2v) is 8.72. The molecule has 1 aliphatic carbocycles. The van der Waals surface area contributed by atoms with Gasteiger partial charge in [0.15, 0.2) is 11.6 Å². The molecule has 1 aliphatic heterocycles. The lowest BCUT2D eigenvalue weighted by atomic mass is 9.79.